The smallest absolute Gasteiger partial charge is 0.253 e. The molecular weight excluding hydrogens is 352 g/mol. The molecule has 7 nitrogen and oxygen atoms in total. The molecule has 0 radical (unpaired) electrons. The first-order valence-corrected chi connectivity index (χ1v) is 10.0. The van der Waals surface area contributed by atoms with Crippen LogP contribution in [-0.4, -0.2) is 71.8 Å². The molecule has 28 heavy (non-hydrogen) atoms. The van der Waals surface area contributed by atoms with Crippen molar-refractivity contribution < 1.29 is 4.79 Å². The van der Waals surface area contributed by atoms with E-state index in [1.54, 1.807) is 0 Å². The number of carbonyl (C=O) groups excluding carboxylic acids is 1. The number of anilines is 1. The Bertz CT molecular complexity index is 805. The number of likely N-dealkylation sites (tertiary alicyclic amines) is 1. The molecule has 7 heteroatoms. The molecule has 0 aliphatic carbocycles. The summed E-state index contributed by atoms with van der Waals surface area (Å²) in [6, 6.07) is 7.84. The maximum absolute atomic E-state index is 12.9. The van der Waals surface area contributed by atoms with Crippen LogP contribution in [0.3, 0.4) is 0 Å². The van der Waals surface area contributed by atoms with Gasteiger partial charge in [0.25, 0.3) is 5.91 Å². The third kappa shape index (κ3) is 4.35. The van der Waals surface area contributed by atoms with Crippen LogP contribution < -0.4 is 4.90 Å². The summed E-state index contributed by atoms with van der Waals surface area (Å²) in [5.41, 5.74) is 1.81. The van der Waals surface area contributed by atoms with Crippen molar-refractivity contribution in [3.63, 3.8) is 0 Å². The van der Waals surface area contributed by atoms with Gasteiger partial charge in [0.1, 0.15) is 11.6 Å². The molecular formula is C21H32N6O. The quantitative estimate of drug-likeness (QED) is 0.766. The van der Waals surface area contributed by atoms with Gasteiger partial charge in [0, 0.05) is 50.9 Å². The highest BCUT2D eigenvalue weighted by molar-refractivity contribution is 5.95. The van der Waals surface area contributed by atoms with Crippen LogP contribution in [-0.2, 0) is 13.1 Å². The number of carbonyl (C=O) groups is 1. The second-order valence-corrected chi connectivity index (χ2v) is 7.97. The number of amides is 1. The van der Waals surface area contributed by atoms with Crippen molar-refractivity contribution in [2.75, 3.05) is 46.2 Å². The van der Waals surface area contributed by atoms with E-state index >= 15 is 0 Å². The zero-order chi connectivity index (χ0) is 20.3. The van der Waals surface area contributed by atoms with E-state index in [1.165, 1.54) is 0 Å². The van der Waals surface area contributed by atoms with Gasteiger partial charge in [-0.05, 0) is 52.1 Å². The fraction of sp³-hybridized carbons (Fsp3) is 0.571. The highest BCUT2D eigenvalue weighted by Gasteiger charge is 2.28. The molecule has 1 aliphatic heterocycles. The number of nitrogens with zero attached hydrogens (tertiary/aromatic N) is 6. The molecule has 2 heterocycles. The van der Waals surface area contributed by atoms with Crippen molar-refractivity contribution in [1.29, 1.82) is 0 Å². The Hall–Kier alpha value is -2.41. The van der Waals surface area contributed by atoms with E-state index in [2.05, 4.69) is 26.6 Å². The fourth-order valence-corrected chi connectivity index (χ4v) is 3.84. The first-order chi connectivity index (χ1) is 13.4. The Labute approximate surface area is 167 Å². The molecule has 0 saturated carbocycles. The van der Waals surface area contributed by atoms with Crippen molar-refractivity contribution in [2.24, 2.45) is 0 Å². The summed E-state index contributed by atoms with van der Waals surface area (Å²) in [5, 5.41) is 8.92. The van der Waals surface area contributed by atoms with E-state index in [4.69, 9.17) is 0 Å². The van der Waals surface area contributed by atoms with Crippen LogP contribution in [0.4, 0.5) is 5.69 Å². The lowest BCUT2D eigenvalue weighted by Crippen LogP contribution is -2.38. The summed E-state index contributed by atoms with van der Waals surface area (Å²) in [7, 11) is 8.07. The van der Waals surface area contributed by atoms with Crippen LogP contribution >= 0.6 is 0 Å². The number of aromatic nitrogens is 3. The molecule has 0 N–H and O–H groups in total. The second kappa shape index (κ2) is 8.73. The van der Waals surface area contributed by atoms with Gasteiger partial charge in [-0.25, -0.2) is 0 Å². The number of hydrogen-bond donors (Lipinski definition) is 0. The van der Waals surface area contributed by atoms with Gasteiger partial charge < -0.3 is 19.3 Å². The average Bonchev–Trinajstić information content (AvgIpc) is 3.09. The zero-order valence-electron chi connectivity index (χ0n) is 17.7. The van der Waals surface area contributed by atoms with E-state index in [9.17, 15) is 4.79 Å². The van der Waals surface area contributed by atoms with Gasteiger partial charge in [0.15, 0.2) is 0 Å². The maximum Gasteiger partial charge on any atom is 0.253 e. The predicted octanol–water partition coefficient (Wildman–Crippen LogP) is 2.45. The van der Waals surface area contributed by atoms with Crippen molar-refractivity contribution >= 4 is 11.6 Å². The molecule has 0 spiro atoms. The average molecular weight is 385 g/mol. The molecule has 2 aromatic rings. The predicted molar refractivity (Wildman–Crippen MR) is 112 cm³/mol. The lowest BCUT2D eigenvalue weighted by Gasteiger charge is -2.32. The topological polar surface area (TPSA) is 57.5 Å². The molecule has 1 aromatic heterocycles. The number of benzene rings is 1. The van der Waals surface area contributed by atoms with Gasteiger partial charge in [0.2, 0.25) is 0 Å². The molecule has 1 aliphatic rings. The highest BCUT2D eigenvalue weighted by Crippen LogP contribution is 2.28. The van der Waals surface area contributed by atoms with Gasteiger partial charge in [-0.15, -0.1) is 10.2 Å². The van der Waals surface area contributed by atoms with Crippen LogP contribution in [0.5, 0.6) is 0 Å². The lowest BCUT2D eigenvalue weighted by molar-refractivity contribution is 0.0710. The Morgan fingerprint density at radius 3 is 2.46 bits per heavy atom. The monoisotopic (exact) mass is 384 g/mol. The van der Waals surface area contributed by atoms with Crippen LogP contribution in [0, 0.1) is 0 Å². The standard InChI is InChI=1S/C21H32N6O/c1-6-27-19(15-24(2)3)22-23-20(27)16-10-12-26(13-11-16)21(28)17-8-7-9-18(14-17)25(4)5/h7-9,14,16H,6,10-13,15H2,1-5H3. The lowest BCUT2D eigenvalue weighted by atomic mass is 9.95. The molecule has 0 unspecified atom stereocenters. The third-order valence-electron chi connectivity index (χ3n) is 5.39. The van der Waals surface area contributed by atoms with Crippen molar-refractivity contribution in [1.82, 2.24) is 24.6 Å². The van der Waals surface area contributed by atoms with E-state index < -0.39 is 0 Å². The van der Waals surface area contributed by atoms with Crippen molar-refractivity contribution in [3.05, 3.63) is 41.5 Å². The number of rotatable bonds is 6. The summed E-state index contributed by atoms with van der Waals surface area (Å²) in [6.07, 6.45) is 1.86. The van der Waals surface area contributed by atoms with Gasteiger partial charge in [0.05, 0.1) is 6.54 Å². The van der Waals surface area contributed by atoms with Crippen LogP contribution in [0.1, 0.15) is 47.7 Å². The molecule has 152 valence electrons. The molecule has 3 rings (SSSR count). The van der Waals surface area contributed by atoms with E-state index in [0.717, 1.165) is 61.9 Å². The molecule has 1 saturated heterocycles. The van der Waals surface area contributed by atoms with E-state index in [0.29, 0.717) is 5.92 Å². The fourth-order valence-electron chi connectivity index (χ4n) is 3.84. The molecule has 1 amide bonds. The minimum Gasteiger partial charge on any atom is -0.378 e. The molecule has 0 bridgehead atoms. The molecule has 1 aromatic carbocycles. The van der Waals surface area contributed by atoms with Gasteiger partial charge in [-0.1, -0.05) is 6.07 Å². The Kier molecular flexibility index (Phi) is 6.34. The van der Waals surface area contributed by atoms with Crippen LogP contribution in [0.25, 0.3) is 0 Å². The SMILES string of the molecule is CCn1c(CN(C)C)nnc1C1CCN(C(=O)c2cccc(N(C)C)c2)CC1. The Morgan fingerprint density at radius 2 is 1.86 bits per heavy atom. The van der Waals surface area contributed by atoms with Crippen molar-refractivity contribution in [3.8, 4) is 0 Å². The summed E-state index contributed by atoms with van der Waals surface area (Å²) < 4.78 is 2.24. The zero-order valence-corrected chi connectivity index (χ0v) is 17.7. The Balaban J connectivity index is 1.67. The van der Waals surface area contributed by atoms with Gasteiger partial charge in [-0.2, -0.15) is 0 Å². The first kappa shape index (κ1) is 20.3. The minimum atomic E-state index is 0.118. The summed E-state index contributed by atoms with van der Waals surface area (Å²) in [6.45, 7) is 5.33. The van der Waals surface area contributed by atoms with Crippen LogP contribution in [0.2, 0.25) is 0 Å². The highest BCUT2D eigenvalue weighted by atomic mass is 16.2. The van der Waals surface area contributed by atoms with E-state index in [1.807, 2.05) is 62.3 Å². The summed E-state index contributed by atoms with van der Waals surface area (Å²) in [4.78, 5) is 19.0. The maximum atomic E-state index is 12.9. The minimum absolute atomic E-state index is 0.118. The molecule has 0 atom stereocenters. The van der Waals surface area contributed by atoms with Gasteiger partial charge >= 0.3 is 0 Å². The van der Waals surface area contributed by atoms with Gasteiger partial charge in [-0.3, -0.25) is 4.79 Å². The summed E-state index contributed by atoms with van der Waals surface area (Å²) in [5.74, 6) is 2.57. The largest absolute Gasteiger partial charge is 0.378 e. The third-order valence-corrected chi connectivity index (χ3v) is 5.39. The Morgan fingerprint density at radius 1 is 1.14 bits per heavy atom. The normalized spacial score (nSPS) is 15.3. The second-order valence-electron chi connectivity index (χ2n) is 7.97. The van der Waals surface area contributed by atoms with Crippen LogP contribution in [0.15, 0.2) is 24.3 Å². The molecule has 1 fully saturated rings. The van der Waals surface area contributed by atoms with E-state index in [-0.39, 0.29) is 5.91 Å². The number of hydrogen-bond acceptors (Lipinski definition) is 5. The number of piperidine rings is 1. The first-order valence-electron chi connectivity index (χ1n) is 10.0. The summed E-state index contributed by atoms with van der Waals surface area (Å²) >= 11 is 0. The van der Waals surface area contributed by atoms with Crippen molar-refractivity contribution in [2.45, 2.75) is 38.8 Å².